The predicted molar refractivity (Wildman–Crippen MR) is 227 cm³/mol. The molecule has 8 heteroatoms. The molecule has 1 aromatic heterocycles. The van der Waals surface area contributed by atoms with Gasteiger partial charge in [-0.05, 0) is 80.1 Å². The molecule has 0 fully saturated rings. The first-order chi connectivity index (χ1) is 27.1. The molecular weight excluding hydrogens is 733 g/mol. The first-order valence-corrected chi connectivity index (χ1v) is 22.2. The fraction of sp³-hybridized carbons (Fsp3) is 0.250. The Morgan fingerprint density at radius 3 is 1.95 bits per heavy atom. The van der Waals surface area contributed by atoms with Crippen molar-refractivity contribution in [2.45, 2.75) is 94.0 Å². The number of para-hydroxylation sites is 2. The minimum Gasteiger partial charge on any atom is -0.328 e. The molecule has 0 saturated carbocycles. The third kappa shape index (κ3) is 7.40. The molecule has 0 spiro atoms. The summed E-state index contributed by atoms with van der Waals surface area (Å²) in [5.41, 5.74) is 8.00. The second-order valence-corrected chi connectivity index (χ2v) is 18.1. The molecule has 0 aliphatic carbocycles. The third-order valence-electron chi connectivity index (χ3n) is 10.3. The summed E-state index contributed by atoms with van der Waals surface area (Å²) < 4.78 is 61.2. The average molecular weight is 779 g/mol. The van der Waals surface area contributed by atoms with Gasteiger partial charge in [-0.3, -0.25) is 4.31 Å². The minimum absolute atomic E-state index is 0.145. The van der Waals surface area contributed by atoms with Gasteiger partial charge in [0.05, 0.1) is 34.1 Å². The molecule has 7 rings (SSSR count). The van der Waals surface area contributed by atoms with Crippen LogP contribution in [-0.2, 0) is 33.0 Å². The summed E-state index contributed by atoms with van der Waals surface area (Å²) in [6, 6.07) is 33.2. The largest absolute Gasteiger partial charge is 0.328 e. The van der Waals surface area contributed by atoms with Crippen molar-refractivity contribution in [2.24, 2.45) is 0 Å². The van der Waals surface area contributed by atoms with Crippen LogP contribution in [0.5, 0.6) is 0 Å². The standard InChI is InChI=1S/C48H46N2O4S2/c1-5-7-9-11-17-41-37(27-28-38-34-50(45-21-16-13-18-42(45)47(38)41)56(53,54)40-31-25-36(4)26-32-40)33-49-44-20-15-14-19-43(44)48(46(49)22-12-10-8-6-2)55(51,52)39-29-23-35(3)24-30-39/h13-16,18-21,23-32H,5-10,33-34H2,1-4H3. The molecule has 2 heterocycles. The lowest BCUT2D eigenvalue weighted by atomic mass is 9.87. The SMILES string of the molecule is CCCCC#Cc1c(Cn2c(C#CCCCC)c(S(=O)(=O)c3ccc(C)cc3)c3ccccc32)ccc2c1-c1ccccc1N(S(=O)(=O)c1ccc(C)cc1)C2. The van der Waals surface area contributed by atoms with Crippen LogP contribution in [0, 0.1) is 37.5 Å². The van der Waals surface area contributed by atoms with E-state index >= 15 is 0 Å². The molecule has 0 unspecified atom stereocenters. The van der Waals surface area contributed by atoms with Gasteiger partial charge in [0, 0.05) is 34.9 Å². The normalized spacial score (nSPS) is 12.3. The summed E-state index contributed by atoms with van der Waals surface area (Å²) in [5, 5.41) is 0.615. The maximum absolute atomic E-state index is 14.6. The number of sulfone groups is 1. The molecule has 5 aromatic carbocycles. The number of rotatable bonds is 10. The van der Waals surface area contributed by atoms with Crippen LogP contribution in [-0.4, -0.2) is 21.4 Å². The van der Waals surface area contributed by atoms with Crippen molar-refractivity contribution < 1.29 is 16.8 Å². The van der Waals surface area contributed by atoms with E-state index in [-0.39, 0.29) is 21.2 Å². The number of nitrogens with zero attached hydrogens (tertiary/aromatic N) is 2. The average Bonchev–Trinajstić information content (AvgIpc) is 3.51. The molecule has 0 amide bonds. The summed E-state index contributed by atoms with van der Waals surface area (Å²) in [5.74, 6) is 13.6. The van der Waals surface area contributed by atoms with Gasteiger partial charge in [-0.15, -0.1) is 0 Å². The van der Waals surface area contributed by atoms with E-state index in [1.807, 2.05) is 103 Å². The highest BCUT2D eigenvalue weighted by Crippen LogP contribution is 2.44. The molecule has 284 valence electrons. The molecule has 1 aliphatic rings. The van der Waals surface area contributed by atoms with E-state index < -0.39 is 19.9 Å². The van der Waals surface area contributed by atoms with E-state index in [1.54, 1.807) is 24.3 Å². The summed E-state index contributed by atoms with van der Waals surface area (Å²) in [6.07, 6.45) is 5.22. The lowest BCUT2D eigenvalue weighted by Gasteiger charge is -2.33. The Morgan fingerprint density at radius 2 is 1.27 bits per heavy atom. The van der Waals surface area contributed by atoms with Gasteiger partial charge in [0.1, 0.15) is 10.6 Å². The van der Waals surface area contributed by atoms with E-state index in [0.29, 0.717) is 36.2 Å². The Balaban J connectivity index is 1.44. The summed E-state index contributed by atoms with van der Waals surface area (Å²) in [4.78, 5) is 0.665. The van der Waals surface area contributed by atoms with Crippen LogP contribution in [0.3, 0.4) is 0 Å². The van der Waals surface area contributed by atoms with E-state index in [9.17, 15) is 16.8 Å². The number of unbranched alkanes of at least 4 members (excludes halogenated alkanes) is 4. The molecule has 1 aliphatic heterocycles. The van der Waals surface area contributed by atoms with E-state index in [2.05, 4.69) is 37.5 Å². The number of benzene rings is 5. The number of fused-ring (bicyclic) bond motifs is 4. The Kier molecular flexibility index (Phi) is 11.3. The van der Waals surface area contributed by atoms with Gasteiger partial charge in [-0.25, -0.2) is 16.8 Å². The van der Waals surface area contributed by atoms with Gasteiger partial charge in [0.15, 0.2) is 0 Å². The molecular formula is C48H46N2O4S2. The highest BCUT2D eigenvalue weighted by Gasteiger charge is 2.34. The van der Waals surface area contributed by atoms with Crippen molar-refractivity contribution in [3.8, 4) is 34.8 Å². The van der Waals surface area contributed by atoms with Crippen molar-refractivity contribution in [2.75, 3.05) is 4.31 Å². The third-order valence-corrected chi connectivity index (χ3v) is 13.9. The Bertz CT molecular complexity index is 2780. The van der Waals surface area contributed by atoms with Crippen LogP contribution in [0.4, 0.5) is 5.69 Å². The van der Waals surface area contributed by atoms with Crippen LogP contribution in [0.1, 0.15) is 85.9 Å². The Labute approximate surface area is 332 Å². The topological polar surface area (TPSA) is 76.5 Å². The fourth-order valence-electron chi connectivity index (χ4n) is 7.26. The van der Waals surface area contributed by atoms with E-state index in [1.165, 1.54) is 4.31 Å². The lowest BCUT2D eigenvalue weighted by Crippen LogP contribution is -2.33. The van der Waals surface area contributed by atoms with Crippen LogP contribution in [0.15, 0.2) is 124 Å². The van der Waals surface area contributed by atoms with Crippen molar-refractivity contribution in [3.63, 3.8) is 0 Å². The monoisotopic (exact) mass is 778 g/mol. The number of aromatic nitrogens is 1. The molecule has 6 nitrogen and oxygen atoms in total. The van der Waals surface area contributed by atoms with Crippen LogP contribution in [0.2, 0.25) is 0 Å². The Hall–Kier alpha value is -5.54. The van der Waals surface area contributed by atoms with Gasteiger partial charge in [-0.1, -0.05) is 128 Å². The Morgan fingerprint density at radius 1 is 0.661 bits per heavy atom. The van der Waals surface area contributed by atoms with Crippen LogP contribution >= 0.6 is 0 Å². The highest BCUT2D eigenvalue weighted by atomic mass is 32.2. The van der Waals surface area contributed by atoms with Gasteiger partial charge in [0.2, 0.25) is 9.84 Å². The lowest BCUT2D eigenvalue weighted by molar-refractivity contribution is 0.589. The zero-order valence-corrected chi connectivity index (χ0v) is 34.0. The number of hydrogen-bond donors (Lipinski definition) is 0. The smallest absolute Gasteiger partial charge is 0.264 e. The second kappa shape index (κ2) is 16.3. The molecule has 0 bridgehead atoms. The quantitative estimate of drug-likeness (QED) is 0.103. The molecule has 0 radical (unpaired) electrons. The van der Waals surface area contributed by atoms with Crippen LogP contribution < -0.4 is 4.31 Å². The second-order valence-electron chi connectivity index (χ2n) is 14.4. The molecule has 56 heavy (non-hydrogen) atoms. The molecule has 6 aromatic rings. The van der Waals surface area contributed by atoms with E-state index in [4.69, 9.17) is 0 Å². The van der Waals surface area contributed by atoms with Gasteiger partial charge >= 0.3 is 0 Å². The van der Waals surface area contributed by atoms with E-state index in [0.717, 1.165) is 70.1 Å². The van der Waals surface area contributed by atoms with Crippen molar-refractivity contribution in [3.05, 3.63) is 143 Å². The summed E-state index contributed by atoms with van der Waals surface area (Å²) in [6.45, 7) is 8.57. The number of hydrogen-bond acceptors (Lipinski definition) is 4. The first-order valence-electron chi connectivity index (χ1n) is 19.3. The zero-order valence-electron chi connectivity index (χ0n) is 32.4. The number of sulfonamides is 1. The molecule has 0 atom stereocenters. The van der Waals surface area contributed by atoms with Crippen molar-refractivity contribution in [1.29, 1.82) is 0 Å². The van der Waals surface area contributed by atoms with Crippen molar-refractivity contribution in [1.82, 2.24) is 4.57 Å². The molecule has 0 saturated heterocycles. The predicted octanol–water partition coefficient (Wildman–Crippen LogP) is 10.6. The van der Waals surface area contributed by atoms with Crippen molar-refractivity contribution >= 4 is 36.5 Å². The highest BCUT2D eigenvalue weighted by molar-refractivity contribution is 7.93. The maximum Gasteiger partial charge on any atom is 0.264 e. The van der Waals surface area contributed by atoms with Gasteiger partial charge < -0.3 is 4.57 Å². The first kappa shape index (κ1) is 38.7. The number of anilines is 1. The summed E-state index contributed by atoms with van der Waals surface area (Å²) >= 11 is 0. The minimum atomic E-state index is -3.97. The maximum atomic E-state index is 14.6. The number of aryl methyl sites for hydroxylation is 2. The van der Waals surface area contributed by atoms with Crippen LogP contribution in [0.25, 0.3) is 22.0 Å². The van der Waals surface area contributed by atoms with Gasteiger partial charge in [-0.2, -0.15) is 0 Å². The fourth-order valence-corrected chi connectivity index (χ4v) is 10.3. The molecule has 0 N–H and O–H groups in total. The zero-order chi connectivity index (χ0) is 39.5. The summed E-state index contributed by atoms with van der Waals surface area (Å²) in [7, 11) is -7.86. The van der Waals surface area contributed by atoms with Gasteiger partial charge in [0.25, 0.3) is 10.0 Å².